The minimum Gasteiger partial charge on any atom is -0.465 e. The van der Waals surface area contributed by atoms with Crippen molar-refractivity contribution in [1.82, 2.24) is 0 Å². The molecule has 2 aromatic rings. The maximum Gasteiger partial charge on any atom is 0.337 e. The summed E-state index contributed by atoms with van der Waals surface area (Å²) < 4.78 is 4.74. The first-order valence-electron chi connectivity index (χ1n) is 6.41. The minimum absolute atomic E-state index is 0.131. The number of nitrogens with zero attached hydrogens (tertiary/aromatic N) is 4. The van der Waals surface area contributed by atoms with Gasteiger partial charge in [-0.15, -0.1) is 0 Å². The Hall–Kier alpha value is -3.29. The first kappa shape index (κ1) is 15.1. The van der Waals surface area contributed by atoms with Gasteiger partial charge in [-0.3, -0.25) is 0 Å². The Morgan fingerprint density at radius 2 is 2.14 bits per heavy atom. The maximum atomic E-state index is 11.8. The Bertz CT molecular complexity index is 802. The van der Waals surface area contributed by atoms with Crippen LogP contribution in [0.25, 0.3) is 21.6 Å². The topological polar surface area (TPSA) is 98.8 Å². The van der Waals surface area contributed by atoms with Crippen LogP contribution in [0.5, 0.6) is 0 Å². The van der Waals surface area contributed by atoms with Gasteiger partial charge in [0.15, 0.2) is 0 Å². The number of azide groups is 1. The lowest BCUT2D eigenvalue weighted by Crippen LogP contribution is -2.02. The summed E-state index contributed by atoms with van der Waals surface area (Å²) in [6, 6.07) is 14.2. The average molecular weight is 292 g/mol. The lowest BCUT2D eigenvalue weighted by atomic mass is 9.98. The fraction of sp³-hybridized carbons (Fsp3) is 0.125. The van der Waals surface area contributed by atoms with Crippen LogP contribution >= 0.6 is 0 Å². The molecule has 0 amide bonds. The summed E-state index contributed by atoms with van der Waals surface area (Å²) in [4.78, 5) is 14.5. The third-order valence-electron chi connectivity index (χ3n) is 3.06. The van der Waals surface area contributed by atoms with Crippen LogP contribution in [-0.2, 0) is 11.3 Å². The molecule has 0 aliphatic heterocycles. The fourth-order valence-electron chi connectivity index (χ4n) is 2.07. The van der Waals surface area contributed by atoms with Gasteiger partial charge < -0.3 is 4.74 Å². The Kier molecular flexibility index (Phi) is 4.76. The quantitative estimate of drug-likeness (QED) is 0.370. The molecule has 0 atom stereocenters. The molecular weight excluding hydrogens is 280 g/mol. The highest BCUT2D eigenvalue weighted by Crippen LogP contribution is 2.24. The minimum atomic E-state index is -0.472. The van der Waals surface area contributed by atoms with E-state index < -0.39 is 5.97 Å². The van der Waals surface area contributed by atoms with E-state index in [0.29, 0.717) is 16.7 Å². The van der Waals surface area contributed by atoms with Crippen molar-refractivity contribution < 1.29 is 9.53 Å². The monoisotopic (exact) mass is 292 g/mol. The third kappa shape index (κ3) is 3.42. The van der Waals surface area contributed by atoms with Crippen molar-refractivity contribution in [3.63, 3.8) is 0 Å². The zero-order valence-corrected chi connectivity index (χ0v) is 11.9. The van der Waals surface area contributed by atoms with Crippen molar-refractivity contribution in [2.45, 2.75) is 6.54 Å². The van der Waals surface area contributed by atoms with Crippen LogP contribution in [-0.4, -0.2) is 13.1 Å². The van der Waals surface area contributed by atoms with E-state index in [1.807, 2.05) is 12.1 Å². The van der Waals surface area contributed by atoms with Gasteiger partial charge in [-0.2, -0.15) is 5.26 Å². The molecule has 0 fully saturated rings. The number of ether oxygens (including phenoxy) is 1. The van der Waals surface area contributed by atoms with Crippen LogP contribution < -0.4 is 0 Å². The van der Waals surface area contributed by atoms with Crippen molar-refractivity contribution in [2.75, 3.05) is 7.11 Å². The van der Waals surface area contributed by atoms with E-state index >= 15 is 0 Å². The molecule has 6 nitrogen and oxygen atoms in total. The van der Waals surface area contributed by atoms with Gasteiger partial charge >= 0.3 is 5.97 Å². The fourth-order valence-corrected chi connectivity index (χ4v) is 2.07. The van der Waals surface area contributed by atoms with E-state index in [1.165, 1.54) is 7.11 Å². The van der Waals surface area contributed by atoms with Gasteiger partial charge in [-0.25, -0.2) is 4.79 Å². The molecule has 108 valence electrons. The van der Waals surface area contributed by atoms with E-state index in [1.54, 1.807) is 30.3 Å². The zero-order valence-electron chi connectivity index (χ0n) is 11.9. The largest absolute Gasteiger partial charge is 0.465 e. The Morgan fingerprint density at radius 3 is 2.82 bits per heavy atom. The van der Waals surface area contributed by atoms with E-state index in [9.17, 15) is 4.79 Å². The highest BCUT2D eigenvalue weighted by atomic mass is 16.5. The maximum absolute atomic E-state index is 11.8. The summed E-state index contributed by atoms with van der Waals surface area (Å²) in [7, 11) is 1.30. The van der Waals surface area contributed by atoms with Crippen molar-refractivity contribution in [2.24, 2.45) is 5.11 Å². The molecular formula is C16H12N4O2. The van der Waals surface area contributed by atoms with Crippen LogP contribution in [0.4, 0.5) is 0 Å². The van der Waals surface area contributed by atoms with Gasteiger partial charge in [0.1, 0.15) is 0 Å². The molecule has 0 radical (unpaired) electrons. The number of hydrogen-bond donors (Lipinski definition) is 0. The molecule has 0 bridgehead atoms. The Labute approximate surface area is 127 Å². The number of esters is 1. The summed E-state index contributed by atoms with van der Waals surface area (Å²) in [5.41, 5.74) is 11.6. The molecule has 2 rings (SSSR count). The molecule has 0 aliphatic carbocycles. The second-order valence-corrected chi connectivity index (χ2v) is 4.49. The van der Waals surface area contributed by atoms with Gasteiger partial charge in [0.25, 0.3) is 0 Å². The molecule has 2 aromatic carbocycles. The first-order chi connectivity index (χ1) is 10.7. The van der Waals surface area contributed by atoms with Crippen molar-refractivity contribution in [3.8, 4) is 17.2 Å². The lowest BCUT2D eigenvalue weighted by molar-refractivity contribution is 0.0600. The number of benzene rings is 2. The standard InChI is InChI=1S/C16H12N4O2/c1-22-16(21)15-7-12(10-19-20-18)6-14(8-15)13-4-2-3-11(5-13)9-17/h2-8H,10H2,1H3. The SMILES string of the molecule is COC(=O)c1cc(CN=[N+]=[N-])cc(-c2cccc(C#N)c2)c1. The van der Waals surface area contributed by atoms with Crippen LogP contribution in [0, 0.1) is 11.3 Å². The Morgan fingerprint density at radius 1 is 1.32 bits per heavy atom. The number of rotatable bonds is 4. The molecule has 0 aromatic heterocycles. The third-order valence-corrected chi connectivity index (χ3v) is 3.06. The van der Waals surface area contributed by atoms with Crippen LogP contribution in [0.15, 0.2) is 47.6 Å². The number of hydrogen-bond acceptors (Lipinski definition) is 4. The highest BCUT2D eigenvalue weighted by molar-refractivity contribution is 5.91. The molecule has 6 heteroatoms. The number of carbonyl (C=O) groups is 1. The lowest BCUT2D eigenvalue weighted by Gasteiger charge is -2.08. The summed E-state index contributed by atoms with van der Waals surface area (Å²) in [5, 5.41) is 12.5. The summed E-state index contributed by atoms with van der Waals surface area (Å²) in [5.74, 6) is -0.472. The van der Waals surface area contributed by atoms with Gasteiger partial charge in [-0.05, 0) is 46.5 Å². The van der Waals surface area contributed by atoms with Crippen LogP contribution in [0.1, 0.15) is 21.5 Å². The van der Waals surface area contributed by atoms with Crippen molar-refractivity contribution in [3.05, 3.63) is 69.6 Å². The summed E-state index contributed by atoms with van der Waals surface area (Å²) in [6.07, 6.45) is 0. The summed E-state index contributed by atoms with van der Waals surface area (Å²) in [6.45, 7) is 0.131. The molecule has 22 heavy (non-hydrogen) atoms. The first-order valence-corrected chi connectivity index (χ1v) is 6.41. The van der Waals surface area contributed by atoms with Gasteiger partial charge in [0.05, 0.1) is 30.9 Å². The van der Waals surface area contributed by atoms with Crippen LogP contribution in [0.2, 0.25) is 0 Å². The highest BCUT2D eigenvalue weighted by Gasteiger charge is 2.10. The second-order valence-electron chi connectivity index (χ2n) is 4.49. The Balaban J connectivity index is 2.55. The van der Waals surface area contributed by atoms with E-state index in [2.05, 4.69) is 16.1 Å². The smallest absolute Gasteiger partial charge is 0.337 e. The molecule has 0 saturated carbocycles. The normalized spacial score (nSPS) is 9.45. The predicted octanol–water partition coefficient (Wildman–Crippen LogP) is 3.82. The number of methoxy groups -OCH3 is 1. The molecule has 0 unspecified atom stereocenters. The van der Waals surface area contributed by atoms with Gasteiger partial charge in [-0.1, -0.05) is 23.3 Å². The molecule has 0 saturated heterocycles. The van der Waals surface area contributed by atoms with Crippen molar-refractivity contribution >= 4 is 5.97 Å². The molecule has 0 spiro atoms. The molecule has 0 aliphatic rings. The predicted molar refractivity (Wildman–Crippen MR) is 80.8 cm³/mol. The molecule has 0 N–H and O–H groups in total. The number of nitriles is 1. The van der Waals surface area contributed by atoms with Gasteiger partial charge in [0.2, 0.25) is 0 Å². The van der Waals surface area contributed by atoms with E-state index in [0.717, 1.165) is 11.1 Å². The van der Waals surface area contributed by atoms with Crippen molar-refractivity contribution in [1.29, 1.82) is 5.26 Å². The van der Waals surface area contributed by atoms with E-state index in [4.69, 9.17) is 15.5 Å². The van der Waals surface area contributed by atoms with Gasteiger partial charge in [0, 0.05) is 4.91 Å². The second kappa shape index (κ2) is 6.93. The van der Waals surface area contributed by atoms with Crippen LogP contribution in [0.3, 0.4) is 0 Å². The molecule has 0 heterocycles. The van der Waals surface area contributed by atoms with E-state index in [-0.39, 0.29) is 6.54 Å². The zero-order chi connectivity index (χ0) is 15.9. The summed E-state index contributed by atoms with van der Waals surface area (Å²) >= 11 is 0. The average Bonchev–Trinajstić information content (AvgIpc) is 2.58. The number of carbonyl (C=O) groups excluding carboxylic acids is 1.